The molecule has 3 rings (SSSR count). The van der Waals surface area contributed by atoms with Crippen LogP contribution in [0.25, 0.3) is 11.5 Å². The van der Waals surface area contributed by atoms with E-state index in [2.05, 4.69) is 15.5 Å². The predicted molar refractivity (Wildman–Crippen MR) is 96.7 cm³/mol. The Labute approximate surface area is 152 Å². The summed E-state index contributed by atoms with van der Waals surface area (Å²) in [5.74, 6) is 2.40. The number of rotatable bonds is 6. The number of amides is 1. The minimum atomic E-state index is -0.0626. The number of benzene rings is 1. The summed E-state index contributed by atoms with van der Waals surface area (Å²) in [4.78, 5) is 13.1. The van der Waals surface area contributed by atoms with E-state index in [0.29, 0.717) is 24.9 Å². The molecule has 0 aliphatic rings. The molecule has 1 amide bonds. The first-order chi connectivity index (χ1) is 12.4. The van der Waals surface area contributed by atoms with E-state index in [9.17, 15) is 4.79 Å². The lowest BCUT2D eigenvalue weighted by Crippen LogP contribution is -3.08. The van der Waals surface area contributed by atoms with Gasteiger partial charge in [0.05, 0.1) is 12.6 Å². The topological polar surface area (TPSA) is 85.6 Å². The molecule has 26 heavy (non-hydrogen) atoms. The van der Waals surface area contributed by atoms with Crippen LogP contribution in [-0.2, 0) is 11.3 Å². The highest BCUT2D eigenvalue weighted by Crippen LogP contribution is 2.25. The Morgan fingerprint density at radius 1 is 1.12 bits per heavy atom. The number of aryl methyl sites for hydroxylation is 3. The van der Waals surface area contributed by atoms with Gasteiger partial charge in [0.1, 0.15) is 11.5 Å². The number of quaternary nitrogens is 1. The largest absolute Gasteiger partial charge is 0.466 e. The molecule has 0 saturated heterocycles. The van der Waals surface area contributed by atoms with Gasteiger partial charge < -0.3 is 19.1 Å². The lowest BCUT2D eigenvalue weighted by Gasteiger charge is -2.11. The van der Waals surface area contributed by atoms with Crippen molar-refractivity contribution in [1.29, 1.82) is 0 Å². The van der Waals surface area contributed by atoms with Crippen molar-refractivity contribution in [3.63, 3.8) is 0 Å². The summed E-state index contributed by atoms with van der Waals surface area (Å²) in [7, 11) is 1.91. The summed E-state index contributed by atoms with van der Waals surface area (Å²) in [6, 6.07) is 9.58. The summed E-state index contributed by atoms with van der Waals surface area (Å²) in [6.45, 7) is 6.51. The average Bonchev–Trinajstić information content (AvgIpc) is 3.15. The van der Waals surface area contributed by atoms with Crippen molar-refractivity contribution in [2.75, 3.05) is 18.9 Å². The van der Waals surface area contributed by atoms with E-state index in [1.165, 1.54) is 0 Å². The minimum Gasteiger partial charge on any atom is -0.466 e. The predicted octanol–water partition coefficient (Wildman–Crippen LogP) is 1.91. The molecule has 1 atom stereocenters. The van der Waals surface area contributed by atoms with E-state index in [0.717, 1.165) is 33.2 Å². The quantitative estimate of drug-likeness (QED) is 0.705. The number of carbonyl (C=O) groups excluding carboxylic acids is 1. The maximum Gasteiger partial charge on any atom is 0.279 e. The molecule has 3 aromatic rings. The fourth-order valence-electron chi connectivity index (χ4n) is 2.71. The van der Waals surface area contributed by atoms with E-state index in [1.807, 2.05) is 58.2 Å². The smallest absolute Gasteiger partial charge is 0.279 e. The number of hydrogen-bond donors (Lipinski definition) is 2. The van der Waals surface area contributed by atoms with E-state index in [4.69, 9.17) is 8.83 Å². The molecule has 2 aromatic heterocycles. The molecule has 0 radical (unpaired) electrons. The van der Waals surface area contributed by atoms with Crippen molar-refractivity contribution in [1.82, 2.24) is 10.2 Å². The third-order valence-corrected chi connectivity index (χ3v) is 3.99. The highest BCUT2D eigenvalue weighted by atomic mass is 16.4. The zero-order valence-electron chi connectivity index (χ0n) is 15.4. The van der Waals surface area contributed by atoms with Gasteiger partial charge in [-0.15, -0.1) is 10.2 Å². The van der Waals surface area contributed by atoms with Crippen LogP contribution in [0.5, 0.6) is 0 Å². The van der Waals surface area contributed by atoms with E-state index >= 15 is 0 Å². The number of anilines is 1. The second-order valence-electron chi connectivity index (χ2n) is 6.55. The molecule has 1 unspecified atom stereocenters. The van der Waals surface area contributed by atoms with Gasteiger partial charge in [0.2, 0.25) is 0 Å². The second kappa shape index (κ2) is 7.53. The van der Waals surface area contributed by atoms with E-state index in [1.54, 1.807) is 0 Å². The maximum atomic E-state index is 12.2. The Hall–Kier alpha value is -2.93. The van der Waals surface area contributed by atoms with Gasteiger partial charge in [-0.05, 0) is 39.0 Å². The highest BCUT2D eigenvalue weighted by molar-refractivity contribution is 5.91. The van der Waals surface area contributed by atoms with Crippen molar-refractivity contribution < 1.29 is 18.5 Å². The molecule has 0 aliphatic carbocycles. The molecular formula is C19H23N4O3+. The molecule has 0 fully saturated rings. The summed E-state index contributed by atoms with van der Waals surface area (Å²) in [5.41, 5.74) is 2.75. The SMILES string of the molecule is Cc1ccc(NC(=O)C[NH+](C)Cc2nnc(-c3cc(C)oc3C)o2)cc1. The van der Waals surface area contributed by atoms with Crippen molar-refractivity contribution in [3.8, 4) is 11.5 Å². The Balaban J connectivity index is 1.56. The minimum absolute atomic E-state index is 0.0626. The van der Waals surface area contributed by atoms with Crippen LogP contribution in [0, 0.1) is 20.8 Å². The van der Waals surface area contributed by atoms with Gasteiger partial charge in [0, 0.05) is 5.69 Å². The van der Waals surface area contributed by atoms with Crippen LogP contribution in [0.4, 0.5) is 5.69 Å². The third-order valence-electron chi connectivity index (χ3n) is 3.99. The Morgan fingerprint density at radius 3 is 2.50 bits per heavy atom. The molecule has 136 valence electrons. The summed E-state index contributed by atoms with van der Waals surface area (Å²) < 4.78 is 11.2. The molecule has 0 spiro atoms. The van der Waals surface area contributed by atoms with Gasteiger partial charge in [-0.3, -0.25) is 4.79 Å². The van der Waals surface area contributed by atoms with Gasteiger partial charge in [-0.2, -0.15) is 0 Å². The van der Waals surface area contributed by atoms with Crippen LogP contribution in [-0.4, -0.2) is 29.7 Å². The Kier molecular flexibility index (Phi) is 5.18. The first-order valence-corrected chi connectivity index (χ1v) is 8.48. The van der Waals surface area contributed by atoms with Gasteiger partial charge in [-0.25, -0.2) is 0 Å². The molecule has 0 saturated carbocycles. The zero-order valence-corrected chi connectivity index (χ0v) is 15.4. The van der Waals surface area contributed by atoms with Crippen LogP contribution in [0.3, 0.4) is 0 Å². The first kappa shape index (κ1) is 17.9. The van der Waals surface area contributed by atoms with Gasteiger partial charge in [0.25, 0.3) is 17.7 Å². The van der Waals surface area contributed by atoms with Crippen molar-refractivity contribution in [2.45, 2.75) is 27.3 Å². The number of aromatic nitrogens is 2. The van der Waals surface area contributed by atoms with Crippen molar-refractivity contribution in [2.24, 2.45) is 0 Å². The summed E-state index contributed by atoms with van der Waals surface area (Å²) in [6.07, 6.45) is 0. The van der Waals surface area contributed by atoms with Crippen LogP contribution >= 0.6 is 0 Å². The van der Waals surface area contributed by atoms with E-state index < -0.39 is 0 Å². The normalized spacial score (nSPS) is 12.2. The number of nitrogens with zero attached hydrogens (tertiary/aromatic N) is 2. The molecule has 7 nitrogen and oxygen atoms in total. The average molecular weight is 355 g/mol. The standard InChI is InChI=1S/C19H22N4O3/c1-12-5-7-15(8-6-12)20-17(24)10-23(4)11-18-21-22-19(26-18)16-9-13(2)25-14(16)3/h5-9H,10-11H2,1-4H3,(H,20,24)/p+1. The number of likely N-dealkylation sites (N-methyl/N-ethyl adjacent to an activating group) is 1. The number of nitrogens with one attached hydrogen (secondary N) is 2. The first-order valence-electron chi connectivity index (χ1n) is 8.48. The van der Waals surface area contributed by atoms with Gasteiger partial charge >= 0.3 is 0 Å². The lowest BCUT2D eigenvalue weighted by molar-refractivity contribution is -0.886. The Bertz CT molecular complexity index is 896. The molecule has 2 heterocycles. The molecule has 7 heteroatoms. The third kappa shape index (κ3) is 4.37. The van der Waals surface area contributed by atoms with Crippen LogP contribution in [0.15, 0.2) is 39.2 Å². The Morgan fingerprint density at radius 2 is 1.85 bits per heavy atom. The molecule has 2 N–H and O–H groups in total. The fraction of sp³-hybridized carbons (Fsp3) is 0.316. The monoisotopic (exact) mass is 355 g/mol. The molecule has 0 bridgehead atoms. The lowest BCUT2D eigenvalue weighted by atomic mass is 10.2. The molecule has 0 aliphatic heterocycles. The number of carbonyl (C=O) groups is 1. The van der Waals surface area contributed by atoms with Crippen molar-refractivity contribution in [3.05, 3.63) is 53.3 Å². The second-order valence-corrected chi connectivity index (χ2v) is 6.55. The summed E-state index contributed by atoms with van der Waals surface area (Å²) in [5, 5.41) is 11.0. The molecule has 1 aromatic carbocycles. The van der Waals surface area contributed by atoms with Crippen LogP contribution in [0.1, 0.15) is 23.0 Å². The van der Waals surface area contributed by atoms with Crippen molar-refractivity contribution >= 4 is 11.6 Å². The van der Waals surface area contributed by atoms with Gasteiger partial charge in [0.15, 0.2) is 13.1 Å². The van der Waals surface area contributed by atoms with E-state index in [-0.39, 0.29) is 5.91 Å². The zero-order chi connectivity index (χ0) is 18.7. The van der Waals surface area contributed by atoms with Crippen LogP contribution < -0.4 is 10.2 Å². The molecular weight excluding hydrogens is 332 g/mol. The van der Waals surface area contributed by atoms with Crippen LogP contribution in [0.2, 0.25) is 0 Å². The highest BCUT2D eigenvalue weighted by Gasteiger charge is 2.18. The fourth-order valence-corrected chi connectivity index (χ4v) is 2.71. The number of furan rings is 1. The van der Waals surface area contributed by atoms with Gasteiger partial charge in [-0.1, -0.05) is 17.7 Å². The summed E-state index contributed by atoms with van der Waals surface area (Å²) >= 11 is 0. The number of hydrogen-bond acceptors (Lipinski definition) is 5. The maximum absolute atomic E-state index is 12.2.